The maximum Gasteiger partial charge on any atom is 0.381 e. The predicted molar refractivity (Wildman–Crippen MR) is 39.4 cm³/mol. The van der Waals surface area contributed by atoms with Crippen LogP contribution in [0.25, 0.3) is 0 Å². The Balaban J connectivity index is 3.05. The summed E-state index contributed by atoms with van der Waals surface area (Å²) in [5, 5.41) is 10.2. The van der Waals surface area contributed by atoms with Gasteiger partial charge in [-0.2, -0.15) is 0 Å². The van der Waals surface area contributed by atoms with Crippen molar-refractivity contribution in [3.63, 3.8) is 0 Å². The third kappa shape index (κ3) is 1.48. The van der Waals surface area contributed by atoms with Gasteiger partial charge in [0.25, 0.3) is 0 Å². The molecule has 1 aromatic heterocycles. The molecule has 0 unspecified atom stereocenters. The summed E-state index contributed by atoms with van der Waals surface area (Å²) < 4.78 is 1.53. The van der Waals surface area contributed by atoms with Gasteiger partial charge >= 0.3 is 5.82 Å². The largest absolute Gasteiger partial charge is 0.381 e. The van der Waals surface area contributed by atoms with Gasteiger partial charge in [-0.3, -0.25) is 0 Å². The monoisotopic (exact) mass is 175 g/mol. The molecular formula is C5H6ClN3O2. The second kappa shape index (κ2) is 2.87. The molecule has 0 aromatic carbocycles. The number of halogens is 1. The van der Waals surface area contributed by atoms with Gasteiger partial charge in [-0.1, -0.05) is 0 Å². The Bertz CT molecular complexity index is 283. The molecule has 1 heterocycles. The third-order valence-corrected chi connectivity index (χ3v) is 1.51. The lowest BCUT2D eigenvalue weighted by Crippen LogP contribution is -1.91. The van der Waals surface area contributed by atoms with E-state index in [1.165, 1.54) is 10.8 Å². The van der Waals surface area contributed by atoms with E-state index in [0.29, 0.717) is 5.82 Å². The van der Waals surface area contributed by atoms with E-state index in [1.54, 1.807) is 7.05 Å². The highest BCUT2D eigenvalue weighted by Gasteiger charge is 2.14. The third-order valence-electron chi connectivity index (χ3n) is 1.27. The maximum absolute atomic E-state index is 10.2. The van der Waals surface area contributed by atoms with Gasteiger partial charge in [0.05, 0.1) is 0 Å². The number of imidazole rings is 1. The number of nitro groups is 1. The average Bonchev–Trinajstić information content (AvgIpc) is 2.31. The first-order chi connectivity index (χ1) is 5.15. The van der Waals surface area contributed by atoms with Crippen LogP contribution in [0.5, 0.6) is 0 Å². The minimum absolute atomic E-state index is 0.164. The lowest BCUT2D eigenvalue weighted by Gasteiger charge is -1.85. The van der Waals surface area contributed by atoms with Crippen LogP contribution in [0.4, 0.5) is 5.82 Å². The van der Waals surface area contributed by atoms with Crippen LogP contribution < -0.4 is 0 Å². The van der Waals surface area contributed by atoms with Crippen molar-refractivity contribution in [3.8, 4) is 0 Å². The molecular weight excluding hydrogens is 170 g/mol. The summed E-state index contributed by atoms with van der Waals surface area (Å²) in [6.07, 6.45) is 1.33. The first-order valence-corrected chi connectivity index (χ1v) is 3.41. The van der Waals surface area contributed by atoms with Crippen molar-refractivity contribution in [3.05, 3.63) is 22.1 Å². The van der Waals surface area contributed by atoms with Crippen molar-refractivity contribution < 1.29 is 4.92 Å². The van der Waals surface area contributed by atoms with Crippen LogP contribution >= 0.6 is 11.6 Å². The summed E-state index contributed by atoms with van der Waals surface area (Å²) in [4.78, 5) is 13.3. The molecule has 1 aromatic rings. The minimum Gasteiger partial charge on any atom is -0.358 e. The van der Waals surface area contributed by atoms with Crippen molar-refractivity contribution in [2.45, 2.75) is 5.88 Å². The fourth-order valence-corrected chi connectivity index (χ4v) is 0.948. The van der Waals surface area contributed by atoms with Crippen LogP contribution in [-0.4, -0.2) is 14.5 Å². The Hall–Kier alpha value is -1.10. The molecule has 60 valence electrons. The summed E-state index contributed by atoms with van der Waals surface area (Å²) in [5.74, 6) is 0.520. The standard InChI is InChI=1S/C5H6ClN3O2/c1-8-3-5(9(10)11)7-4(8)2-6/h3H,2H2,1H3. The molecule has 5 nitrogen and oxygen atoms in total. The first kappa shape index (κ1) is 8.00. The molecule has 6 heteroatoms. The van der Waals surface area contributed by atoms with Gasteiger partial charge in [0, 0.05) is 7.05 Å². The SMILES string of the molecule is Cn1cc([N+](=O)[O-])nc1CCl. The minimum atomic E-state index is -0.546. The summed E-state index contributed by atoms with van der Waals surface area (Å²) in [7, 11) is 1.66. The molecule has 0 atom stereocenters. The number of hydrogen-bond donors (Lipinski definition) is 0. The first-order valence-electron chi connectivity index (χ1n) is 2.87. The zero-order valence-corrected chi connectivity index (χ0v) is 6.58. The van der Waals surface area contributed by atoms with Gasteiger partial charge in [-0.05, 0) is 9.91 Å². The van der Waals surface area contributed by atoms with Gasteiger partial charge in [0.2, 0.25) is 5.82 Å². The van der Waals surface area contributed by atoms with Gasteiger partial charge in [-0.15, -0.1) is 11.6 Å². The molecule has 1 rings (SSSR count). The van der Waals surface area contributed by atoms with Crippen LogP contribution in [0.1, 0.15) is 5.82 Å². The van der Waals surface area contributed by atoms with Crippen LogP contribution in [0, 0.1) is 10.1 Å². The fourth-order valence-electron chi connectivity index (χ4n) is 0.700. The lowest BCUT2D eigenvalue weighted by molar-refractivity contribution is -0.389. The van der Waals surface area contributed by atoms with Crippen LogP contribution in [0.3, 0.4) is 0 Å². The molecule has 0 amide bonds. The van der Waals surface area contributed by atoms with Crippen molar-refractivity contribution in [2.75, 3.05) is 0 Å². The molecule has 0 N–H and O–H groups in total. The number of aryl methyl sites for hydroxylation is 1. The van der Waals surface area contributed by atoms with E-state index in [2.05, 4.69) is 4.98 Å². The van der Waals surface area contributed by atoms with Crippen LogP contribution in [0.15, 0.2) is 6.20 Å². The van der Waals surface area contributed by atoms with Crippen LogP contribution in [0.2, 0.25) is 0 Å². The van der Waals surface area contributed by atoms with Crippen LogP contribution in [-0.2, 0) is 12.9 Å². The average molecular weight is 176 g/mol. The molecule has 0 bridgehead atoms. The molecule has 0 spiro atoms. The lowest BCUT2D eigenvalue weighted by atomic mass is 10.7. The molecule has 0 saturated heterocycles. The Kier molecular flexibility index (Phi) is 2.09. The van der Waals surface area contributed by atoms with E-state index in [4.69, 9.17) is 11.6 Å². The predicted octanol–water partition coefficient (Wildman–Crippen LogP) is 1.07. The van der Waals surface area contributed by atoms with E-state index in [-0.39, 0.29) is 11.7 Å². The second-order valence-corrected chi connectivity index (χ2v) is 2.28. The number of aromatic nitrogens is 2. The Morgan fingerprint density at radius 1 is 1.91 bits per heavy atom. The number of hydrogen-bond acceptors (Lipinski definition) is 3. The van der Waals surface area contributed by atoms with Crippen molar-refractivity contribution in [2.24, 2.45) is 7.05 Å². The summed E-state index contributed by atoms with van der Waals surface area (Å²) in [6, 6.07) is 0. The molecule has 0 fully saturated rings. The highest BCUT2D eigenvalue weighted by atomic mass is 35.5. The maximum atomic E-state index is 10.2. The highest BCUT2D eigenvalue weighted by Crippen LogP contribution is 2.10. The van der Waals surface area contributed by atoms with E-state index < -0.39 is 4.92 Å². The Morgan fingerprint density at radius 2 is 2.55 bits per heavy atom. The van der Waals surface area contributed by atoms with E-state index in [1.807, 2.05) is 0 Å². The molecule has 0 aliphatic rings. The highest BCUT2D eigenvalue weighted by molar-refractivity contribution is 6.16. The quantitative estimate of drug-likeness (QED) is 0.384. The van der Waals surface area contributed by atoms with Gasteiger partial charge < -0.3 is 14.7 Å². The summed E-state index contributed by atoms with van der Waals surface area (Å²) in [6.45, 7) is 0. The molecule has 0 aliphatic carbocycles. The van der Waals surface area contributed by atoms with E-state index in [0.717, 1.165) is 0 Å². The summed E-state index contributed by atoms with van der Waals surface area (Å²) >= 11 is 5.44. The van der Waals surface area contributed by atoms with Gasteiger partial charge in [0.1, 0.15) is 12.1 Å². The molecule has 0 radical (unpaired) electrons. The molecule has 11 heavy (non-hydrogen) atoms. The second-order valence-electron chi connectivity index (χ2n) is 2.02. The normalized spacial score (nSPS) is 10.0. The van der Waals surface area contributed by atoms with E-state index in [9.17, 15) is 10.1 Å². The molecule has 0 aliphatic heterocycles. The number of nitrogens with zero attached hydrogens (tertiary/aromatic N) is 3. The Morgan fingerprint density at radius 3 is 2.82 bits per heavy atom. The molecule has 0 saturated carbocycles. The van der Waals surface area contributed by atoms with Crippen molar-refractivity contribution >= 4 is 17.4 Å². The van der Waals surface area contributed by atoms with Crippen molar-refractivity contribution in [1.29, 1.82) is 0 Å². The fraction of sp³-hybridized carbons (Fsp3) is 0.400. The number of rotatable bonds is 2. The van der Waals surface area contributed by atoms with E-state index >= 15 is 0 Å². The topological polar surface area (TPSA) is 61.0 Å². The zero-order chi connectivity index (χ0) is 8.43. The Labute approximate surface area is 67.8 Å². The van der Waals surface area contributed by atoms with Crippen molar-refractivity contribution in [1.82, 2.24) is 9.55 Å². The zero-order valence-electron chi connectivity index (χ0n) is 5.82. The van der Waals surface area contributed by atoms with Gasteiger partial charge in [0.15, 0.2) is 0 Å². The number of alkyl halides is 1. The smallest absolute Gasteiger partial charge is 0.358 e. The van der Waals surface area contributed by atoms with Gasteiger partial charge in [-0.25, -0.2) is 0 Å². The summed E-state index contributed by atoms with van der Waals surface area (Å²) in [5.41, 5.74) is 0.